The first-order valence-electron chi connectivity index (χ1n) is 5.26. The molecule has 0 amide bonds. The fraction of sp³-hybridized carbons (Fsp3) is 0.182. The normalized spacial score (nSPS) is 10.1. The highest BCUT2D eigenvalue weighted by Gasteiger charge is 2.09. The monoisotopic (exact) mass is 245 g/mol. The van der Waals surface area contributed by atoms with Crippen molar-refractivity contribution in [1.82, 2.24) is 15.0 Å². The highest BCUT2D eigenvalue weighted by molar-refractivity contribution is 5.48. The summed E-state index contributed by atoms with van der Waals surface area (Å²) >= 11 is 0. The lowest BCUT2D eigenvalue weighted by molar-refractivity contribution is -0.385. The van der Waals surface area contributed by atoms with Crippen molar-refractivity contribution in [2.75, 3.05) is 5.32 Å². The van der Waals surface area contributed by atoms with E-state index in [4.69, 9.17) is 0 Å². The number of nitrogens with one attached hydrogen (secondary N) is 1. The van der Waals surface area contributed by atoms with Gasteiger partial charge in [-0.15, -0.1) is 0 Å². The van der Waals surface area contributed by atoms with Gasteiger partial charge in [0.15, 0.2) is 0 Å². The van der Waals surface area contributed by atoms with Crippen molar-refractivity contribution in [3.63, 3.8) is 0 Å². The Kier molecular flexibility index (Phi) is 3.42. The van der Waals surface area contributed by atoms with Gasteiger partial charge in [-0.1, -0.05) is 0 Å². The van der Waals surface area contributed by atoms with Crippen LogP contribution in [0.25, 0.3) is 0 Å². The predicted octanol–water partition coefficient (Wildman–Crippen LogP) is 1.70. The average molecular weight is 245 g/mol. The fourth-order valence-electron chi connectivity index (χ4n) is 1.44. The second-order valence-corrected chi connectivity index (χ2v) is 3.67. The zero-order valence-corrected chi connectivity index (χ0v) is 9.70. The summed E-state index contributed by atoms with van der Waals surface area (Å²) in [6, 6.07) is 3.27. The Bertz CT molecular complexity index is 559. The van der Waals surface area contributed by atoms with E-state index in [0.717, 1.165) is 11.3 Å². The summed E-state index contributed by atoms with van der Waals surface area (Å²) in [7, 11) is 0. The Morgan fingerprint density at radius 2 is 2.28 bits per heavy atom. The molecule has 0 saturated carbocycles. The third-order valence-corrected chi connectivity index (χ3v) is 2.35. The van der Waals surface area contributed by atoms with Crippen LogP contribution in [0.1, 0.15) is 11.3 Å². The summed E-state index contributed by atoms with van der Waals surface area (Å²) in [5.41, 5.74) is 1.53. The molecule has 0 fully saturated rings. The summed E-state index contributed by atoms with van der Waals surface area (Å²) < 4.78 is 0. The number of aromatic nitrogens is 3. The van der Waals surface area contributed by atoms with Gasteiger partial charge < -0.3 is 5.32 Å². The first-order chi connectivity index (χ1) is 8.66. The Labute approximate surface area is 103 Å². The standard InChI is InChI=1S/C11H11N5O2/c1-8-4-10(16(17)18)6-14-11(8)13-5-9-2-3-12-7-15-9/h2-4,6-7H,5H2,1H3,(H,13,14). The number of nitrogens with zero attached hydrogens (tertiary/aromatic N) is 4. The lowest BCUT2D eigenvalue weighted by atomic mass is 10.2. The fourth-order valence-corrected chi connectivity index (χ4v) is 1.44. The molecule has 0 aliphatic heterocycles. The highest BCUT2D eigenvalue weighted by atomic mass is 16.6. The van der Waals surface area contributed by atoms with Crippen LogP contribution in [0.15, 0.2) is 30.9 Å². The van der Waals surface area contributed by atoms with Crippen LogP contribution in [-0.4, -0.2) is 19.9 Å². The molecule has 0 atom stereocenters. The van der Waals surface area contributed by atoms with Crippen LogP contribution in [0.2, 0.25) is 0 Å². The van der Waals surface area contributed by atoms with Crippen LogP contribution in [0, 0.1) is 17.0 Å². The zero-order valence-electron chi connectivity index (χ0n) is 9.70. The molecule has 92 valence electrons. The number of anilines is 1. The maximum absolute atomic E-state index is 10.6. The predicted molar refractivity (Wildman–Crippen MR) is 65.0 cm³/mol. The number of pyridine rings is 1. The molecule has 0 saturated heterocycles. The van der Waals surface area contributed by atoms with E-state index in [1.54, 1.807) is 19.2 Å². The smallest absolute Gasteiger partial charge is 0.287 e. The van der Waals surface area contributed by atoms with Crippen molar-refractivity contribution in [3.8, 4) is 0 Å². The van der Waals surface area contributed by atoms with Gasteiger partial charge in [-0.05, 0) is 18.6 Å². The summed E-state index contributed by atoms with van der Waals surface area (Å²) in [6.07, 6.45) is 4.35. The van der Waals surface area contributed by atoms with Crippen LogP contribution in [-0.2, 0) is 6.54 Å². The van der Waals surface area contributed by atoms with Crippen molar-refractivity contribution in [3.05, 3.63) is 52.2 Å². The third kappa shape index (κ3) is 2.76. The van der Waals surface area contributed by atoms with Gasteiger partial charge in [0.2, 0.25) is 0 Å². The van der Waals surface area contributed by atoms with Crippen molar-refractivity contribution >= 4 is 11.5 Å². The maximum atomic E-state index is 10.6. The van der Waals surface area contributed by atoms with Gasteiger partial charge in [0.05, 0.1) is 17.2 Å². The van der Waals surface area contributed by atoms with E-state index in [9.17, 15) is 10.1 Å². The number of rotatable bonds is 4. The van der Waals surface area contributed by atoms with Gasteiger partial charge in [-0.3, -0.25) is 10.1 Å². The molecule has 7 nitrogen and oxygen atoms in total. The summed E-state index contributed by atoms with van der Waals surface area (Å²) in [6.45, 7) is 2.26. The minimum absolute atomic E-state index is 0.0138. The first kappa shape index (κ1) is 11.9. The molecule has 2 aromatic rings. The second kappa shape index (κ2) is 5.17. The number of aryl methyl sites for hydroxylation is 1. The first-order valence-corrected chi connectivity index (χ1v) is 5.26. The molecule has 0 unspecified atom stereocenters. The zero-order chi connectivity index (χ0) is 13.0. The summed E-state index contributed by atoms with van der Waals surface area (Å²) in [5.74, 6) is 0.610. The SMILES string of the molecule is Cc1cc([N+](=O)[O-])cnc1NCc1ccncn1. The van der Waals surface area contributed by atoms with E-state index in [0.29, 0.717) is 12.4 Å². The van der Waals surface area contributed by atoms with Crippen molar-refractivity contribution in [2.45, 2.75) is 13.5 Å². The summed E-state index contributed by atoms with van der Waals surface area (Å²) in [4.78, 5) is 22.0. The number of nitro groups is 1. The molecular weight excluding hydrogens is 234 g/mol. The lowest BCUT2D eigenvalue weighted by Crippen LogP contribution is -2.05. The Hall–Kier alpha value is -2.57. The molecule has 0 bridgehead atoms. The highest BCUT2D eigenvalue weighted by Crippen LogP contribution is 2.18. The quantitative estimate of drug-likeness (QED) is 0.650. The Morgan fingerprint density at radius 1 is 1.44 bits per heavy atom. The molecule has 1 N–H and O–H groups in total. The van der Waals surface area contributed by atoms with Crippen LogP contribution >= 0.6 is 0 Å². The van der Waals surface area contributed by atoms with E-state index in [-0.39, 0.29) is 5.69 Å². The van der Waals surface area contributed by atoms with Crippen LogP contribution in [0.5, 0.6) is 0 Å². The molecule has 0 spiro atoms. The largest absolute Gasteiger partial charge is 0.364 e. The molecule has 0 radical (unpaired) electrons. The van der Waals surface area contributed by atoms with Gasteiger partial charge in [0, 0.05) is 12.3 Å². The van der Waals surface area contributed by atoms with Crippen molar-refractivity contribution in [2.24, 2.45) is 0 Å². The van der Waals surface area contributed by atoms with Crippen LogP contribution in [0.4, 0.5) is 11.5 Å². The minimum Gasteiger partial charge on any atom is -0.364 e. The minimum atomic E-state index is -0.464. The van der Waals surface area contributed by atoms with Gasteiger partial charge in [-0.2, -0.15) is 0 Å². The molecule has 2 aromatic heterocycles. The van der Waals surface area contributed by atoms with Gasteiger partial charge >= 0.3 is 0 Å². The molecule has 0 aliphatic rings. The van der Waals surface area contributed by atoms with Crippen molar-refractivity contribution < 1.29 is 4.92 Å². The van der Waals surface area contributed by atoms with E-state index in [1.807, 2.05) is 0 Å². The molecule has 2 rings (SSSR count). The van der Waals surface area contributed by atoms with Crippen LogP contribution in [0.3, 0.4) is 0 Å². The van der Waals surface area contributed by atoms with Gasteiger partial charge in [0.25, 0.3) is 5.69 Å². The molecule has 0 aromatic carbocycles. The second-order valence-electron chi connectivity index (χ2n) is 3.67. The molecule has 7 heteroatoms. The topological polar surface area (TPSA) is 93.8 Å². The molecule has 0 aliphatic carbocycles. The van der Waals surface area contributed by atoms with Crippen molar-refractivity contribution in [1.29, 1.82) is 0 Å². The van der Waals surface area contributed by atoms with E-state index >= 15 is 0 Å². The van der Waals surface area contributed by atoms with Crippen LogP contribution < -0.4 is 5.32 Å². The maximum Gasteiger partial charge on any atom is 0.287 e. The average Bonchev–Trinajstić information content (AvgIpc) is 2.38. The van der Waals surface area contributed by atoms with E-state index < -0.39 is 4.92 Å². The lowest BCUT2D eigenvalue weighted by Gasteiger charge is -2.07. The Morgan fingerprint density at radius 3 is 2.89 bits per heavy atom. The van der Waals surface area contributed by atoms with E-state index in [2.05, 4.69) is 20.3 Å². The van der Waals surface area contributed by atoms with E-state index in [1.165, 1.54) is 18.6 Å². The summed E-state index contributed by atoms with van der Waals surface area (Å²) in [5, 5.41) is 13.6. The number of hydrogen-bond acceptors (Lipinski definition) is 6. The Balaban J connectivity index is 2.08. The molecule has 2 heterocycles. The van der Waals surface area contributed by atoms with Gasteiger partial charge in [-0.25, -0.2) is 15.0 Å². The van der Waals surface area contributed by atoms with Gasteiger partial charge in [0.1, 0.15) is 18.3 Å². The molecule has 18 heavy (non-hydrogen) atoms. The number of hydrogen-bond donors (Lipinski definition) is 1. The third-order valence-electron chi connectivity index (χ3n) is 2.35. The molecular formula is C11H11N5O2.